The van der Waals surface area contributed by atoms with Crippen LogP contribution < -0.4 is 4.57 Å². The minimum Gasteiger partial charge on any atom is -0.225 e. The molecule has 0 saturated heterocycles. The lowest BCUT2D eigenvalue weighted by Gasteiger charge is -2.20. The lowest BCUT2D eigenvalue weighted by atomic mass is 9.89. The summed E-state index contributed by atoms with van der Waals surface area (Å²) < 4.78 is 25.8. The molecule has 0 aliphatic carbocycles. The molecule has 2 aromatic heterocycles. The number of rotatable bonds is 4. The molecule has 36 heavy (non-hydrogen) atoms. The van der Waals surface area contributed by atoms with Gasteiger partial charge in [-0.1, -0.05) is 76.2 Å². The van der Waals surface area contributed by atoms with Gasteiger partial charge in [0.05, 0.1) is 12.6 Å². The summed E-state index contributed by atoms with van der Waals surface area (Å²) in [7, 11) is 2.12. The molecule has 0 aliphatic rings. The molecule has 180 valence electrons. The van der Waals surface area contributed by atoms with Gasteiger partial charge >= 0.3 is 0 Å². The van der Waals surface area contributed by atoms with Gasteiger partial charge in [-0.3, -0.25) is 0 Å². The fourth-order valence-electron chi connectivity index (χ4n) is 5.59. The van der Waals surface area contributed by atoms with Gasteiger partial charge < -0.3 is 0 Å². The number of nitrogens with zero attached hydrogens (tertiary/aromatic N) is 2. The van der Waals surface area contributed by atoms with Crippen LogP contribution in [0.5, 0.6) is 0 Å². The van der Waals surface area contributed by atoms with Gasteiger partial charge in [0.2, 0.25) is 0 Å². The lowest BCUT2D eigenvalue weighted by Crippen LogP contribution is -2.30. The van der Waals surface area contributed by atoms with Gasteiger partial charge in [-0.15, -0.1) is 11.3 Å². The first-order chi connectivity index (χ1) is 18.0. The number of thiophene rings is 1. The maximum Gasteiger partial charge on any atom is 0.295 e. The highest BCUT2D eigenvalue weighted by Crippen LogP contribution is 2.46. The Hall–Kier alpha value is -3.43. The van der Waals surface area contributed by atoms with Crippen molar-refractivity contribution in [3.63, 3.8) is 0 Å². The molecular weight excluding hydrogens is 456 g/mol. The molecule has 4 aromatic carbocycles. The molecule has 0 fully saturated rings. The summed E-state index contributed by atoms with van der Waals surface area (Å²) in [5.41, 5.74) is 7.38. The quantitative estimate of drug-likeness (QED) is 0.218. The topological polar surface area (TPSA) is 8.81 Å². The fourth-order valence-corrected chi connectivity index (χ4v) is 6.93. The maximum atomic E-state index is 9.48. The Morgan fingerprint density at radius 3 is 2.28 bits per heavy atom. The van der Waals surface area contributed by atoms with Crippen LogP contribution in [0.25, 0.3) is 48.3 Å². The van der Waals surface area contributed by atoms with Crippen LogP contribution in [-0.4, -0.2) is 4.57 Å². The highest BCUT2D eigenvalue weighted by molar-refractivity contribution is 7.26. The molecule has 2 heterocycles. The Kier molecular flexibility index (Phi) is 4.95. The van der Waals surface area contributed by atoms with Crippen LogP contribution in [0.1, 0.15) is 58.9 Å². The largest absolute Gasteiger partial charge is 0.295 e. The van der Waals surface area contributed by atoms with Crippen molar-refractivity contribution in [2.75, 3.05) is 0 Å². The third kappa shape index (κ3) is 3.33. The van der Waals surface area contributed by atoms with Crippen LogP contribution in [-0.2, 0) is 7.05 Å². The standard InChI is InChI=1S/C33H33N2S/c1-20(2)25-19-26-24-15-9-12-18-29(24)36-32(26)30(21(3)4)31(25)35-28-17-11-10-16-27(28)34(6)33(35)23-14-8-7-13-22(23)5/h7-21H,1-6H3/q+1/i20D,21D. The minimum atomic E-state index is -0.900. The van der Waals surface area contributed by atoms with Crippen molar-refractivity contribution in [1.29, 1.82) is 0 Å². The number of aryl methyl sites for hydroxylation is 2. The van der Waals surface area contributed by atoms with Gasteiger partial charge in [0.1, 0.15) is 5.69 Å². The average Bonchev–Trinajstić information content (AvgIpc) is 3.37. The average molecular weight is 492 g/mol. The van der Waals surface area contributed by atoms with E-state index in [9.17, 15) is 2.74 Å². The van der Waals surface area contributed by atoms with E-state index in [1.54, 1.807) is 11.3 Å². The van der Waals surface area contributed by atoms with Crippen LogP contribution in [0.3, 0.4) is 0 Å². The molecule has 0 spiro atoms. The van der Waals surface area contributed by atoms with E-state index in [2.05, 4.69) is 102 Å². The Morgan fingerprint density at radius 2 is 1.53 bits per heavy atom. The van der Waals surface area contributed by atoms with E-state index in [-0.39, 0.29) is 0 Å². The van der Waals surface area contributed by atoms with Crippen LogP contribution in [0.15, 0.2) is 78.9 Å². The summed E-state index contributed by atoms with van der Waals surface area (Å²) in [6.45, 7) is 10.0. The summed E-state index contributed by atoms with van der Waals surface area (Å²) in [6, 6.07) is 27.7. The molecule has 0 aliphatic heterocycles. The zero-order chi connectivity index (χ0) is 27.0. The number of aromatic nitrogens is 2. The molecular formula is C33H33N2S+. The second kappa shape index (κ2) is 8.60. The minimum absolute atomic E-state index is 0.889. The first-order valence-corrected chi connectivity index (χ1v) is 13.3. The zero-order valence-corrected chi connectivity index (χ0v) is 22.6. The maximum absolute atomic E-state index is 9.48. The highest BCUT2D eigenvalue weighted by atomic mass is 32.1. The second-order valence-corrected chi connectivity index (χ2v) is 11.2. The van der Waals surface area contributed by atoms with Crippen LogP contribution in [0.4, 0.5) is 0 Å². The number of hydrogen-bond donors (Lipinski definition) is 0. The molecule has 0 radical (unpaired) electrons. The van der Waals surface area contributed by atoms with Crippen LogP contribution in [0, 0.1) is 6.92 Å². The number of fused-ring (bicyclic) bond motifs is 4. The molecule has 0 saturated carbocycles. The molecule has 0 bridgehead atoms. The summed E-state index contributed by atoms with van der Waals surface area (Å²) in [5, 5.41) is 2.33. The number of imidazole rings is 1. The first kappa shape index (κ1) is 20.7. The highest BCUT2D eigenvalue weighted by Gasteiger charge is 2.32. The Bertz CT molecular complexity index is 1860. The van der Waals surface area contributed by atoms with Crippen molar-refractivity contribution in [3.8, 4) is 17.1 Å². The van der Waals surface area contributed by atoms with E-state index < -0.39 is 11.8 Å². The first-order valence-electron chi connectivity index (χ1n) is 13.5. The van der Waals surface area contributed by atoms with E-state index in [1.807, 2.05) is 27.7 Å². The van der Waals surface area contributed by atoms with Gasteiger partial charge in [0.15, 0.2) is 11.0 Å². The van der Waals surface area contributed by atoms with Gasteiger partial charge in [-0.05, 0) is 54.6 Å². The predicted octanol–water partition coefficient (Wildman–Crippen LogP) is 9.05. The SMILES string of the molecule is [2H]C(C)(C)c1cc2c(sc3ccccc32)c(C([2H])(C)C)c1-n1c(-c2ccccc2C)[n+](C)c2ccccc21. The fraction of sp³-hybridized carbons (Fsp3) is 0.242. The summed E-state index contributed by atoms with van der Waals surface area (Å²) in [6.07, 6.45) is 0. The van der Waals surface area contributed by atoms with Crippen molar-refractivity contribution in [2.45, 2.75) is 46.4 Å². The molecule has 0 unspecified atom stereocenters. The van der Waals surface area contributed by atoms with E-state index >= 15 is 0 Å². The number of hydrogen-bond acceptors (Lipinski definition) is 1. The van der Waals surface area contributed by atoms with Gasteiger partial charge in [0, 0.05) is 34.0 Å². The van der Waals surface area contributed by atoms with E-state index in [1.165, 1.54) is 15.6 Å². The van der Waals surface area contributed by atoms with E-state index in [4.69, 9.17) is 0 Å². The Morgan fingerprint density at radius 1 is 0.833 bits per heavy atom. The van der Waals surface area contributed by atoms with Crippen molar-refractivity contribution < 1.29 is 7.31 Å². The molecule has 0 atom stereocenters. The van der Waals surface area contributed by atoms with Crippen molar-refractivity contribution in [1.82, 2.24) is 4.57 Å². The van der Waals surface area contributed by atoms with E-state index in [0.29, 0.717) is 0 Å². The van der Waals surface area contributed by atoms with Crippen LogP contribution >= 0.6 is 11.3 Å². The monoisotopic (exact) mass is 491 g/mol. The normalized spacial score (nSPS) is 13.5. The van der Waals surface area contributed by atoms with Gasteiger partial charge in [-0.2, -0.15) is 4.57 Å². The molecule has 6 aromatic rings. The van der Waals surface area contributed by atoms with Crippen LogP contribution in [0.2, 0.25) is 0 Å². The number of para-hydroxylation sites is 2. The predicted molar refractivity (Wildman–Crippen MR) is 156 cm³/mol. The Labute approximate surface area is 220 Å². The third-order valence-electron chi connectivity index (χ3n) is 7.30. The smallest absolute Gasteiger partial charge is 0.225 e. The second-order valence-electron chi connectivity index (χ2n) is 10.1. The molecule has 0 amide bonds. The van der Waals surface area contributed by atoms with Crippen molar-refractivity contribution in [3.05, 3.63) is 95.6 Å². The summed E-state index contributed by atoms with van der Waals surface area (Å²) in [4.78, 5) is 0. The molecule has 0 N–H and O–H groups in total. The third-order valence-corrected chi connectivity index (χ3v) is 8.51. The van der Waals surface area contributed by atoms with Gasteiger partial charge in [-0.25, -0.2) is 4.57 Å². The summed E-state index contributed by atoms with van der Waals surface area (Å²) >= 11 is 1.76. The Balaban J connectivity index is 1.91. The molecule has 6 rings (SSSR count). The summed E-state index contributed by atoms with van der Waals surface area (Å²) in [5.74, 6) is -0.733. The number of benzene rings is 4. The van der Waals surface area contributed by atoms with Crippen molar-refractivity contribution >= 4 is 42.5 Å². The molecule has 2 nitrogen and oxygen atoms in total. The zero-order valence-electron chi connectivity index (χ0n) is 23.8. The van der Waals surface area contributed by atoms with E-state index in [0.717, 1.165) is 49.3 Å². The van der Waals surface area contributed by atoms with Crippen molar-refractivity contribution in [2.24, 2.45) is 7.05 Å². The van der Waals surface area contributed by atoms with Gasteiger partial charge in [0.25, 0.3) is 5.82 Å². The lowest BCUT2D eigenvalue weighted by molar-refractivity contribution is -0.633. The molecule has 3 heteroatoms.